The maximum atomic E-state index is 4.07. The first-order chi connectivity index (χ1) is 4.47. The van der Waals surface area contributed by atoms with E-state index in [0.717, 1.165) is 18.9 Å². The van der Waals surface area contributed by atoms with E-state index in [9.17, 15) is 0 Å². The number of nitrogens with one attached hydrogen (secondary N) is 1. The van der Waals surface area contributed by atoms with E-state index < -0.39 is 0 Å². The molecule has 0 radical (unpaired) electrons. The van der Waals surface area contributed by atoms with Gasteiger partial charge in [0, 0.05) is 30.6 Å². The molecule has 9 heavy (non-hydrogen) atoms. The average Bonchev–Trinajstić information content (AvgIpc) is 2.33. The van der Waals surface area contributed by atoms with E-state index in [1.54, 1.807) is 0 Å². The van der Waals surface area contributed by atoms with Crippen molar-refractivity contribution < 1.29 is 0 Å². The summed E-state index contributed by atoms with van der Waals surface area (Å²) < 4.78 is 0. The van der Waals surface area contributed by atoms with Crippen LogP contribution in [-0.4, -0.2) is 12.8 Å². The summed E-state index contributed by atoms with van der Waals surface area (Å²) in [6.45, 7) is 1.14. The lowest BCUT2D eigenvalue weighted by Gasteiger charge is -2.09. The molecular formula is C7H10N2. The van der Waals surface area contributed by atoms with Crippen molar-refractivity contribution in [2.45, 2.75) is 12.8 Å². The van der Waals surface area contributed by atoms with Crippen LogP contribution in [0.25, 0.3) is 0 Å². The average molecular weight is 122 g/mol. The molecule has 2 aliphatic rings. The lowest BCUT2D eigenvalue weighted by Crippen LogP contribution is -2.09. The van der Waals surface area contributed by atoms with Crippen LogP contribution in [0, 0.1) is 5.92 Å². The molecule has 2 nitrogen and oxygen atoms in total. The standard InChI is InChI=1S/C7H10N2/c1-3-8-5-7-6(1)2-4-9-7/h3,5-6,9H,1-2,4H2. The zero-order chi connectivity index (χ0) is 6.10. The Kier molecular flexibility index (Phi) is 1.04. The minimum absolute atomic E-state index is 0.766. The molecule has 0 bridgehead atoms. The van der Waals surface area contributed by atoms with Crippen LogP contribution in [0.3, 0.4) is 0 Å². The summed E-state index contributed by atoms with van der Waals surface area (Å²) in [5.74, 6) is 0.766. The van der Waals surface area contributed by atoms with E-state index >= 15 is 0 Å². The maximum absolute atomic E-state index is 4.07. The zero-order valence-electron chi connectivity index (χ0n) is 5.30. The molecule has 2 heterocycles. The summed E-state index contributed by atoms with van der Waals surface area (Å²) in [6, 6.07) is 0. The molecule has 0 aromatic carbocycles. The van der Waals surface area contributed by atoms with Crippen LogP contribution in [0.2, 0.25) is 0 Å². The van der Waals surface area contributed by atoms with Crippen molar-refractivity contribution >= 4 is 6.21 Å². The molecule has 0 aromatic rings. The number of rotatable bonds is 0. The minimum Gasteiger partial charge on any atom is -0.387 e. The second-order valence-corrected chi connectivity index (χ2v) is 2.56. The SMILES string of the molecule is C1=NC=C2NCCC2C1. The monoisotopic (exact) mass is 122 g/mol. The van der Waals surface area contributed by atoms with Crippen molar-refractivity contribution in [2.24, 2.45) is 10.9 Å². The smallest absolute Gasteiger partial charge is 0.0456 e. The Bertz CT molecular complexity index is 170. The number of allylic oxidation sites excluding steroid dienone is 1. The predicted octanol–water partition coefficient (Wildman–Crippen LogP) is 0.912. The molecule has 1 saturated heterocycles. The van der Waals surface area contributed by atoms with E-state index in [1.165, 1.54) is 12.1 Å². The number of hydrogen-bond donors (Lipinski definition) is 1. The van der Waals surface area contributed by atoms with Crippen molar-refractivity contribution in [2.75, 3.05) is 6.54 Å². The van der Waals surface area contributed by atoms with Gasteiger partial charge in [0.2, 0.25) is 0 Å². The molecule has 48 valence electrons. The molecular weight excluding hydrogens is 112 g/mol. The Balaban J connectivity index is 2.23. The summed E-state index contributed by atoms with van der Waals surface area (Å²) in [5.41, 5.74) is 1.34. The molecule has 1 N–H and O–H groups in total. The van der Waals surface area contributed by atoms with Crippen molar-refractivity contribution in [3.05, 3.63) is 11.9 Å². The topological polar surface area (TPSA) is 24.4 Å². The minimum atomic E-state index is 0.766. The third kappa shape index (κ3) is 0.745. The van der Waals surface area contributed by atoms with Gasteiger partial charge in [-0.15, -0.1) is 0 Å². The van der Waals surface area contributed by atoms with Crippen molar-refractivity contribution in [3.8, 4) is 0 Å². The predicted molar refractivity (Wildman–Crippen MR) is 37.3 cm³/mol. The van der Waals surface area contributed by atoms with Crippen molar-refractivity contribution in [3.63, 3.8) is 0 Å². The first-order valence-corrected chi connectivity index (χ1v) is 3.42. The number of aliphatic imine (C=N–C) groups is 1. The summed E-state index contributed by atoms with van der Waals surface area (Å²) >= 11 is 0. The third-order valence-corrected chi connectivity index (χ3v) is 1.97. The Morgan fingerprint density at radius 2 is 2.67 bits per heavy atom. The van der Waals surface area contributed by atoms with Crippen LogP contribution in [0.15, 0.2) is 16.9 Å². The maximum Gasteiger partial charge on any atom is 0.0456 e. The lowest BCUT2D eigenvalue weighted by molar-refractivity contribution is 0.667. The van der Waals surface area contributed by atoms with Gasteiger partial charge in [-0.2, -0.15) is 0 Å². The second-order valence-electron chi connectivity index (χ2n) is 2.56. The first-order valence-electron chi connectivity index (χ1n) is 3.42. The van der Waals surface area contributed by atoms with Gasteiger partial charge in [-0.25, -0.2) is 0 Å². The Hall–Kier alpha value is -0.790. The molecule has 0 saturated carbocycles. The van der Waals surface area contributed by atoms with E-state index in [0.29, 0.717) is 0 Å². The van der Waals surface area contributed by atoms with Crippen LogP contribution < -0.4 is 5.32 Å². The van der Waals surface area contributed by atoms with E-state index in [1.807, 2.05) is 12.4 Å². The van der Waals surface area contributed by atoms with Crippen LogP contribution in [-0.2, 0) is 0 Å². The molecule has 0 aliphatic carbocycles. The molecule has 1 fully saturated rings. The van der Waals surface area contributed by atoms with E-state index in [4.69, 9.17) is 0 Å². The van der Waals surface area contributed by atoms with Gasteiger partial charge in [-0.1, -0.05) is 0 Å². The summed E-state index contributed by atoms with van der Waals surface area (Å²) in [6.07, 6.45) is 6.37. The third-order valence-electron chi connectivity index (χ3n) is 1.97. The zero-order valence-corrected chi connectivity index (χ0v) is 5.30. The van der Waals surface area contributed by atoms with Gasteiger partial charge in [-0.05, 0) is 12.8 Å². The first kappa shape index (κ1) is 5.03. The molecule has 2 heteroatoms. The molecule has 0 amide bonds. The van der Waals surface area contributed by atoms with E-state index in [2.05, 4.69) is 10.3 Å². The van der Waals surface area contributed by atoms with Gasteiger partial charge in [-0.3, -0.25) is 4.99 Å². The highest BCUT2D eigenvalue weighted by atomic mass is 14.9. The van der Waals surface area contributed by atoms with Gasteiger partial charge in [0.15, 0.2) is 0 Å². The van der Waals surface area contributed by atoms with Gasteiger partial charge in [0.1, 0.15) is 0 Å². The molecule has 1 unspecified atom stereocenters. The van der Waals surface area contributed by atoms with Crippen molar-refractivity contribution in [1.82, 2.24) is 5.32 Å². The molecule has 2 rings (SSSR count). The Morgan fingerprint density at radius 1 is 1.67 bits per heavy atom. The summed E-state index contributed by atoms with van der Waals surface area (Å²) in [5, 5.41) is 3.31. The van der Waals surface area contributed by atoms with Gasteiger partial charge in [0.25, 0.3) is 0 Å². The quantitative estimate of drug-likeness (QED) is 0.507. The normalized spacial score (nSPS) is 31.1. The summed E-state index contributed by atoms with van der Waals surface area (Å²) in [4.78, 5) is 4.07. The summed E-state index contributed by atoms with van der Waals surface area (Å²) in [7, 11) is 0. The Labute approximate surface area is 54.7 Å². The fourth-order valence-electron chi connectivity index (χ4n) is 1.41. The fourth-order valence-corrected chi connectivity index (χ4v) is 1.41. The number of fused-ring (bicyclic) bond motifs is 1. The highest BCUT2D eigenvalue weighted by Crippen LogP contribution is 2.23. The fraction of sp³-hybridized carbons (Fsp3) is 0.571. The molecule has 1 atom stereocenters. The van der Waals surface area contributed by atoms with Crippen molar-refractivity contribution in [1.29, 1.82) is 0 Å². The second kappa shape index (κ2) is 1.87. The Morgan fingerprint density at radius 3 is 3.56 bits per heavy atom. The van der Waals surface area contributed by atoms with Crippen LogP contribution in [0.1, 0.15) is 12.8 Å². The van der Waals surface area contributed by atoms with Crippen LogP contribution >= 0.6 is 0 Å². The largest absolute Gasteiger partial charge is 0.387 e. The molecule has 2 aliphatic heterocycles. The lowest BCUT2D eigenvalue weighted by atomic mass is 10.0. The molecule has 0 spiro atoms. The van der Waals surface area contributed by atoms with Crippen LogP contribution in [0.5, 0.6) is 0 Å². The van der Waals surface area contributed by atoms with Gasteiger partial charge in [0.05, 0.1) is 0 Å². The van der Waals surface area contributed by atoms with Gasteiger partial charge < -0.3 is 5.32 Å². The molecule has 0 aromatic heterocycles. The number of hydrogen-bond acceptors (Lipinski definition) is 2. The number of nitrogens with zero attached hydrogens (tertiary/aromatic N) is 1. The van der Waals surface area contributed by atoms with E-state index in [-0.39, 0.29) is 0 Å². The highest BCUT2D eigenvalue weighted by Gasteiger charge is 2.20. The van der Waals surface area contributed by atoms with Crippen LogP contribution in [0.4, 0.5) is 0 Å². The highest BCUT2D eigenvalue weighted by molar-refractivity contribution is 5.61. The van der Waals surface area contributed by atoms with Gasteiger partial charge >= 0.3 is 0 Å².